The second-order valence-electron chi connectivity index (χ2n) is 8.19. The number of benzene rings is 1. The van der Waals surface area contributed by atoms with Crippen molar-refractivity contribution in [2.75, 3.05) is 0 Å². The van der Waals surface area contributed by atoms with Crippen molar-refractivity contribution in [1.29, 1.82) is 0 Å². The van der Waals surface area contributed by atoms with Crippen LogP contribution in [-0.4, -0.2) is 20.5 Å². The fraction of sp³-hybridized carbons (Fsp3) is 0.364. The van der Waals surface area contributed by atoms with Gasteiger partial charge in [-0.3, -0.25) is 9.59 Å². The molecule has 0 N–H and O–H groups in total. The van der Waals surface area contributed by atoms with E-state index in [0.717, 1.165) is 41.6 Å². The van der Waals surface area contributed by atoms with Crippen LogP contribution in [0, 0.1) is 5.41 Å². The summed E-state index contributed by atoms with van der Waals surface area (Å²) in [6.07, 6.45) is 6.86. The molecule has 0 atom stereocenters. The highest BCUT2D eigenvalue weighted by atomic mass is 16.3. The van der Waals surface area contributed by atoms with E-state index < -0.39 is 0 Å². The van der Waals surface area contributed by atoms with Crippen LogP contribution in [0.25, 0.3) is 16.7 Å². The van der Waals surface area contributed by atoms with Crippen LogP contribution < -0.4 is 5.56 Å². The molecular weight excluding hydrogens is 354 g/mol. The zero-order valence-electron chi connectivity index (χ0n) is 16.1. The summed E-state index contributed by atoms with van der Waals surface area (Å²) < 4.78 is 6.49. The van der Waals surface area contributed by atoms with Gasteiger partial charge in [-0.25, -0.2) is 9.67 Å². The maximum atomic E-state index is 12.5. The van der Waals surface area contributed by atoms with E-state index in [4.69, 9.17) is 4.42 Å². The van der Waals surface area contributed by atoms with E-state index in [1.807, 2.05) is 12.1 Å². The van der Waals surface area contributed by atoms with E-state index >= 15 is 0 Å². The molecule has 0 saturated carbocycles. The van der Waals surface area contributed by atoms with Gasteiger partial charge in [-0.05, 0) is 54.0 Å². The molecule has 0 aliphatic heterocycles. The van der Waals surface area contributed by atoms with Crippen molar-refractivity contribution in [1.82, 2.24) is 14.8 Å². The van der Waals surface area contributed by atoms with E-state index in [0.29, 0.717) is 5.58 Å². The Hall–Kier alpha value is -3.02. The molecule has 0 saturated heterocycles. The molecule has 0 unspecified atom stereocenters. The lowest BCUT2D eigenvalue weighted by Crippen LogP contribution is -2.28. The fourth-order valence-corrected chi connectivity index (χ4v) is 3.71. The summed E-state index contributed by atoms with van der Waals surface area (Å²) in [5, 5.41) is 4.47. The topological polar surface area (TPSA) is 78.0 Å². The number of hydrogen-bond acceptors (Lipinski definition) is 5. The van der Waals surface area contributed by atoms with Gasteiger partial charge in [0, 0.05) is 12.5 Å². The molecule has 2 aromatic heterocycles. The highest BCUT2D eigenvalue weighted by molar-refractivity contribution is 5.82. The molecule has 1 aromatic carbocycles. The number of hydrogen-bond donors (Lipinski definition) is 0. The molecule has 4 rings (SSSR count). The smallest absolute Gasteiger partial charge is 0.267 e. The lowest BCUT2D eigenvalue weighted by molar-refractivity contribution is -0.119. The summed E-state index contributed by atoms with van der Waals surface area (Å²) in [5.74, 6) is -0.0763. The largest absolute Gasteiger partial charge is 0.443 e. The summed E-state index contributed by atoms with van der Waals surface area (Å²) in [7, 11) is 0. The minimum Gasteiger partial charge on any atom is -0.443 e. The van der Waals surface area contributed by atoms with E-state index in [1.165, 1.54) is 17.1 Å². The van der Waals surface area contributed by atoms with Gasteiger partial charge in [-0.15, -0.1) is 0 Å². The van der Waals surface area contributed by atoms with Crippen molar-refractivity contribution < 1.29 is 9.21 Å². The van der Waals surface area contributed by atoms with E-state index in [9.17, 15) is 9.59 Å². The van der Waals surface area contributed by atoms with Crippen molar-refractivity contribution >= 4 is 22.5 Å². The number of nitrogens with zero attached hydrogens (tertiary/aromatic N) is 3. The molecule has 2 heterocycles. The first kappa shape index (κ1) is 18.3. The number of ketones is 1. The minimum absolute atomic E-state index is 0.0415. The van der Waals surface area contributed by atoms with Crippen LogP contribution in [0.15, 0.2) is 52.0 Å². The number of carbonyl (C=O) groups excluding carboxylic acids is 1. The third-order valence-electron chi connectivity index (χ3n) is 5.20. The Balaban J connectivity index is 1.51. The lowest BCUT2D eigenvalue weighted by Gasteiger charge is -2.29. The fourth-order valence-electron chi connectivity index (χ4n) is 3.71. The third kappa shape index (κ3) is 3.96. The summed E-state index contributed by atoms with van der Waals surface area (Å²) in [6, 6.07) is 8.73. The Morgan fingerprint density at radius 3 is 2.93 bits per heavy atom. The number of rotatable bonds is 5. The first-order chi connectivity index (χ1) is 13.4. The zero-order valence-corrected chi connectivity index (χ0v) is 16.1. The molecule has 0 spiro atoms. The van der Waals surface area contributed by atoms with E-state index in [2.05, 4.69) is 30.0 Å². The second kappa shape index (κ2) is 7.19. The molecule has 0 radical (unpaired) electrons. The van der Waals surface area contributed by atoms with Gasteiger partial charge in [-0.1, -0.05) is 26.0 Å². The number of fused-ring (bicyclic) bond motifs is 1. The number of oxazole rings is 1. The predicted octanol–water partition coefficient (Wildman–Crippen LogP) is 3.79. The lowest BCUT2D eigenvalue weighted by atomic mass is 9.76. The quantitative estimate of drug-likeness (QED) is 0.676. The predicted molar refractivity (Wildman–Crippen MR) is 107 cm³/mol. The second-order valence-corrected chi connectivity index (χ2v) is 8.19. The number of allylic oxidation sites excluding steroid dienone is 2. The van der Waals surface area contributed by atoms with Gasteiger partial charge >= 0.3 is 0 Å². The van der Waals surface area contributed by atoms with Crippen LogP contribution in [0.3, 0.4) is 0 Å². The van der Waals surface area contributed by atoms with E-state index in [-0.39, 0.29) is 29.7 Å². The molecule has 0 bridgehead atoms. The molecule has 144 valence electrons. The standard InChI is InChI=1S/C22H23N3O3/c1-22(2)9-3-4-16(12-22)18-6-8-21(27)25(24-18)13-17(26)10-15-5-7-20-19(11-15)23-14-28-20/h4-8,11,14H,3,9-10,12-13H2,1-2H3. The molecule has 3 aromatic rings. The number of carbonyl (C=O) groups is 1. The maximum absolute atomic E-state index is 12.5. The Labute approximate surface area is 162 Å². The van der Waals surface area contributed by atoms with Crippen molar-refractivity contribution in [3.05, 3.63) is 64.4 Å². The van der Waals surface area contributed by atoms with Gasteiger partial charge < -0.3 is 4.42 Å². The average Bonchev–Trinajstić information content (AvgIpc) is 3.10. The monoisotopic (exact) mass is 377 g/mol. The summed E-state index contributed by atoms with van der Waals surface area (Å²) in [4.78, 5) is 28.9. The zero-order chi connectivity index (χ0) is 19.7. The molecular formula is C22H23N3O3. The Morgan fingerprint density at radius 1 is 1.25 bits per heavy atom. The first-order valence-corrected chi connectivity index (χ1v) is 9.51. The Kier molecular flexibility index (Phi) is 4.71. The van der Waals surface area contributed by atoms with Crippen LogP contribution in [0.4, 0.5) is 0 Å². The summed E-state index contributed by atoms with van der Waals surface area (Å²) in [5.41, 5.74) is 4.13. The third-order valence-corrected chi connectivity index (χ3v) is 5.20. The van der Waals surface area contributed by atoms with Crippen LogP contribution in [-0.2, 0) is 17.8 Å². The average molecular weight is 377 g/mol. The van der Waals surface area contributed by atoms with Crippen LogP contribution in [0.1, 0.15) is 44.4 Å². The molecule has 1 aliphatic carbocycles. The van der Waals surface area contributed by atoms with Gasteiger partial charge in [-0.2, -0.15) is 5.10 Å². The molecule has 28 heavy (non-hydrogen) atoms. The van der Waals surface area contributed by atoms with Gasteiger partial charge in [0.05, 0.1) is 5.69 Å². The Morgan fingerprint density at radius 2 is 2.11 bits per heavy atom. The highest BCUT2D eigenvalue weighted by Gasteiger charge is 2.24. The minimum atomic E-state index is -0.264. The molecule has 6 nitrogen and oxygen atoms in total. The summed E-state index contributed by atoms with van der Waals surface area (Å²) >= 11 is 0. The normalized spacial score (nSPS) is 16.1. The number of Topliss-reactive ketones (excluding diaryl/α,β-unsaturated/α-hetero) is 1. The van der Waals surface area contributed by atoms with Gasteiger partial charge in [0.25, 0.3) is 5.56 Å². The van der Waals surface area contributed by atoms with Gasteiger partial charge in [0.1, 0.15) is 12.1 Å². The first-order valence-electron chi connectivity index (χ1n) is 9.51. The molecule has 0 fully saturated rings. The molecule has 6 heteroatoms. The van der Waals surface area contributed by atoms with Gasteiger partial charge in [0.15, 0.2) is 17.8 Å². The van der Waals surface area contributed by atoms with Crippen molar-refractivity contribution in [3.63, 3.8) is 0 Å². The molecule has 0 amide bonds. The van der Waals surface area contributed by atoms with Crippen molar-refractivity contribution in [2.24, 2.45) is 5.41 Å². The maximum Gasteiger partial charge on any atom is 0.267 e. The Bertz CT molecular complexity index is 1120. The highest BCUT2D eigenvalue weighted by Crippen LogP contribution is 2.38. The van der Waals surface area contributed by atoms with Crippen molar-refractivity contribution in [2.45, 2.75) is 46.1 Å². The summed E-state index contributed by atoms with van der Waals surface area (Å²) in [6.45, 7) is 4.44. The van der Waals surface area contributed by atoms with Gasteiger partial charge in [0.2, 0.25) is 0 Å². The molecule has 1 aliphatic rings. The number of aromatic nitrogens is 3. The SMILES string of the molecule is CC1(C)CCC=C(c2ccc(=O)n(CC(=O)Cc3ccc4ocnc4c3)n2)C1. The van der Waals surface area contributed by atoms with Crippen LogP contribution in [0.5, 0.6) is 0 Å². The van der Waals surface area contributed by atoms with Crippen LogP contribution >= 0.6 is 0 Å². The van der Waals surface area contributed by atoms with Crippen molar-refractivity contribution in [3.8, 4) is 0 Å². The van der Waals surface area contributed by atoms with E-state index in [1.54, 1.807) is 12.1 Å². The van der Waals surface area contributed by atoms with Crippen LogP contribution in [0.2, 0.25) is 0 Å².